The molecular weight excluding hydrogens is 184 g/mol. The maximum Gasteiger partial charge on any atom is 0.160 e. The zero-order valence-electron chi connectivity index (χ0n) is 8.39. The Hall–Kier alpha value is -1.89. The van der Waals surface area contributed by atoms with Gasteiger partial charge in [-0.05, 0) is 17.2 Å². The van der Waals surface area contributed by atoms with Crippen LogP contribution >= 0.6 is 0 Å². The molecule has 2 rings (SSSR count). The molecule has 1 aliphatic carbocycles. The van der Waals surface area contributed by atoms with Crippen molar-refractivity contribution in [2.24, 2.45) is 0 Å². The lowest BCUT2D eigenvalue weighted by molar-refractivity contribution is -0.114. The van der Waals surface area contributed by atoms with Gasteiger partial charge in [0.1, 0.15) is 0 Å². The molecule has 1 aromatic rings. The zero-order chi connectivity index (χ0) is 10.5. The molecule has 0 fully saturated rings. The first-order valence-corrected chi connectivity index (χ1v) is 4.98. The van der Waals surface area contributed by atoms with Crippen molar-refractivity contribution >= 4 is 11.9 Å². The number of allylic oxidation sites excluding steroid dienone is 5. The minimum absolute atomic E-state index is 0.171. The quantitative estimate of drug-likeness (QED) is 0.710. The predicted molar refractivity (Wildman–Crippen MR) is 62.3 cm³/mol. The van der Waals surface area contributed by atoms with Gasteiger partial charge >= 0.3 is 0 Å². The van der Waals surface area contributed by atoms with Crippen molar-refractivity contribution in [3.8, 4) is 0 Å². The molecule has 0 spiro atoms. The molecule has 1 nitrogen and oxygen atoms in total. The van der Waals surface area contributed by atoms with E-state index in [4.69, 9.17) is 0 Å². The van der Waals surface area contributed by atoms with Crippen LogP contribution in [0.5, 0.6) is 0 Å². The Kier molecular flexibility index (Phi) is 2.93. The Labute approximate surface area is 89.4 Å². The van der Waals surface area contributed by atoms with Crippen LogP contribution in [-0.2, 0) is 4.79 Å². The Balaban J connectivity index is 2.09. The summed E-state index contributed by atoms with van der Waals surface area (Å²) in [5.41, 5.74) is 2.21. The Morgan fingerprint density at radius 3 is 2.60 bits per heavy atom. The molecule has 0 atom stereocenters. The van der Waals surface area contributed by atoms with E-state index >= 15 is 0 Å². The molecule has 15 heavy (non-hydrogen) atoms. The molecule has 0 saturated carbocycles. The molecule has 1 aliphatic rings. The number of rotatable bonds is 2. The second kappa shape index (κ2) is 4.56. The minimum atomic E-state index is 0.171. The van der Waals surface area contributed by atoms with Crippen LogP contribution in [-0.4, -0.2) is 5.78 Å². The average molecular weight is 196 g/mol. The fourth-order valence-electron chi connectivity index (χ4n) is 1.48. The Morgan fingerprint density at radius 1 is 1.07 bits per heavy atom. The normalized spacial score (nSPS) is 15.7. The smallest absolute Gasteiger partial charge is 0.160 e. The van der Waals surface area contributed by atoms with Crippen LogP contribution in [0.4, 0.5) is 0 Å². The monoisotopic (exact) mass is 196 g/mol. The summed E-state index contributed by atoms with van der Waals surface area (Å²) in [6.45, 7) is 0. The molecule has 0 bridgehead atoms. The molecule has 0 aromatic heterocycles. The zero-order valence-corrected chi connectivity index (χ0v) is 8.39. The standard InChI is InChI=1S/C14H12O/c15-14-8-4-7-13(11-14)10-9-12-5-2-1-3-6-12/h1-10H,11H2. The fourth-order valence-corrected chi connectivity index (χ4v) is 1.48. The third-order valence-electron chi connectivity index (χ3n) is 2.26. The van der Waals surface area contributed by atoms with Crippen molar-refractivity contribution in [2.45, 2.75) is 6.42 Å². The van der Waals surface area contributed by atoms with Crippen molar-refractivity contribution in [2.75, 3.05) is 0 Å². The number of carbonyl (C=O) groups excluding carboxylic acids is 1. The van der Waals surface area contributed by atoms with Gasteiger partial charge in [0.05, 0.1) is 0 Å². The number of hydrogen-bond donors (Lipinski definition) is 0. The largest absolute Gasteiger partial charge is 0.294 e. The van der Waals surface area contributed by atoms with Gasteiger partial charge in [0.2, 0.25) is 0 Å². The van der Waals surface area contributed by atoms with Gasteiger partial charge in [-0.3, -0.25) is 4.79 Å². The molecule has 0 amide bonds. The van der Waals surface area contributed by atoms with E-state index in [1.165, 1.54) is 0 Å². The van der Waals surface area contributed by atoms with E-state index < -0.39 is 0 Å². The van der Waals surface area contributed by atoms with Gasteiger partial charge in [0.25, 0.3) is 0 Å². The first kappa shape index (κ1) is 9.66. The molecule has 74 valence electrons. The van der Waals surface area contributed by atoms with E-state index in [0.29, 0.717) is 6.42 Å². The lowest BCUT2D eigenvalue weighted by atomic mass is 10.0. The van der Waals surface area contributed by atoms with Gasteiger partial charge in [-0.15, -0.1) is 0 Å². The van der Waals surface area contributed by atoms with Crippen molar-refractivity contribution in [3.05, 3.63) is 65.8 Å². The maximum absolute atomic E-state index is 11.1. The molecule has 0 radical (unpaired) electrons. The van der Waals surface area contributed by atoms with Crippen LogP contribution in [0.3, 0.4) is 0 Å². The van der Waals surface area contributed by atoms with E-state index in [9.17, 15) is 4.79 Å². The number of benzene rings is 1. The predicted octanol–water partition coefficient (Wildman–Crippen LogP) is 3.16. The molecule has 0 aliphatic heterocycles. The minimum Gasteiger partial charge on any atom is -0.294 e. The number of ketones is 1. The highest BCUT2D eigenvalue weighted by molar-refractivity contribution is 5.93. The summed E-state index contributed by atoms with van der Waals surface area (Å²) < 4.78 is 0. The van der Waals surface area contributed by atoms with Crippen LogP contribution in [0.25, 0.3) is 6.08 Å². The van der Waals surface area contributed by atoms with E-state index in [1.807, 2.05) is 48.6 Å². The topological polar surface area (TPSA) is 17.1 Å². The van der Waals surface area contributed by atoms with Gasteiger partial charge < -0.3 is 0 Å². The van der Waals surface area contributed by atoms with Crippen LogP contribution in [0, 0.1) is 0 Å². The van der Waals surface area contributed by atoms with Crippen LogP contribution in [0.15, 0.2) is 60.2 Å². The molecular formula is C14H12O. The first-order valence-electron chi connectivity index (χ1n) is 4.98. The lowest BCUT2D eigenvalue weighted by Gasteiger charge is -2.02. The SMILES string of the molecule is O=C1C=CC=C(C=Cc2ccccc2)C1. The summed E-state index contributed by atoms with van der Waals surface area (Å²) in [6.07, 6.45) is 9.92. The van der Waals surface area contributed by atoms with Crippen molar-refractivity contribution in [1.82, 2.24) is 0 Å². The highest BCUT2D eigenvalue weighted by Crippen LogP contribution is 2.12. The first-order chi connectivity index (χ1) is 7.34. The lowest BCUT2D eigenvalue weighted by Crippen LogP contribution is -1.97. The van der Waals surface area contributed by atoms with Crippen LogP contribution < -0.4 is 0 Å². The fraction of sp³-hybridized carbons (Fsp3) is 0.0714. The van der Waals surface area contributed by atoms with E-state index in [0.717, 1.165) is 11.1 Å². The van der Waals surface area contributed by atoms with E-state index in [1.54, 1.807) is 12.2 Å². The molecule has 0 N–H and O–H groups in total. The second-order valence-electron chi connectivity index (χ2n) is 3.49. The van der Waals surface area contributed by atoms with Crippen LogP contribution in [0.1, 0.15) is 12.0 Å². The maximum atomic E-state index is 11.1. The van der Waals surface area contributed by atoms with Gasteiger partial charge in [0.15, 0.2) is 5.78 Å². The summed E-state index contributed by atoms with van der Waals surface area (Å²) in [7, 11) is 0. The highest BCUT2D eigenvalue weighted by Gasteiger charge is 2.02. The van der Waals surface area contributed by atoms with Gasteiger partial charge in [0, 0.05) is 6.42 Å². The summed E-state index contributed by atoms with van der Waals surface area (Å²) in [5, 5.41) is 0. The van der Waals surface area contributed by atoms with Gasteiger partial charge in [-0.2, -0.15) is 0 Å². The summed E-state index contributed by atoms with van der Waals surface area (Å²) in [5.74, 6) is 0.171. The number of hydrogen-bond acceptors (Lipinski definition) is 1. The molecule has 1 heteroatoms. The Bertz CT molecular complexity index is 436. The third kappa shape index (κ3) is 2.78. The van der Waals surface area contributed by atoms with Crippen LogP contribution in [0.2, 0.25) is 0 Å². The molecule has 0 heterocycles. The van der Waals surface area contributed by atoms with Crippen molar-refractivity contribution < 1.29 is 4.79 Å². The second-order valence-corrected chi connectivity index (χ2v) is 3.49. The Morgan fingerprint density at radius 2 is 1.87 bits per heavy atom. The van der Waals surface area contributed by atoms with E-state index in [2.05, 4.69) is 0 Å². The summed E-state index contributed by atoms with van der Waals surface area (Å²) >= 11 is 0. The van der Waals surface area contributed by atoms with Gasteiger partial charge in [-0.25, -0.2) is 0 Å². The summed E-state index contributed by atoms with van der Waals surface area (Å²) in [6, 6.07) is 10.1. The molecule has 0 unspecified atom stereocenters. The third-order valence-corrected chi connectivity index (χ3v) is 2.26. The average Bonchev–Trinajstić information content (AvgIpc) is 2.28. The van der Waals surface area contributed by atoms with Crippen molar-refractivity contribution in [3.63, 3.8) is 0 Å². The number of carbonyl (C=O) groups is 1. The van der Waals surface area contributed by atoms with E-state index in [-0.39, 0.29) is 5.78 Å². The molecule has 0 saturated heterocycles. The summed E-state index contributed by atoms with van der Waals surface area (Å²) in [4.78, 5) is 11.1. The highest BCUT2D eigenvalue weighted by atomic mass is 16.1. The molecule has 1 aromatic carbocycles. The van der Waals surface area contributed by atoms with Crippen molar-refractivity contribution in [1.29, 1.82) is 0 Å². The van der Waals surface area contributed by atoms with Gasteiger partial charge in [-0.1, -0.05) is 54.6 Å².